The van der Waals surface area contributed by atoms with Gasteiger partial charge in [-0.05, 0) is 30.0 Å². The number of methoxy groups -OCH3 is 1. The van der Waals surface area contributed by atoms with Crippen molar-refractivity contribution < 1.29 is 4.74 Å². The standard InChI is InChI=1S/C22H24N4O/c1-14(2)16-6-8-17(9-7-16)22-18-10-5-15(3)11-19(18)26-20(12-23-22)24-25-21(26)13-27-4/h5-11,14H,12-13H2,1-4H3. The van der Waals surface area contributed by atoms with Crippen molar-refractivity contribution in [1.82, 2.24) is 14.8 Å². The summed E-state index contributed by atoms with van der Waals surface area (Å²) in [6.07, 6.45) is 0. The molecule has 5 heteroatoms. The third kappa shape index (κ3) is 3.19. The lowest BCUT2D eigenvalue weighted by Gasteiger charge is -2.15. The Bertz CT molecular complexity index is 1000. The van der Waals surface area contributed by atoms with Crippen molar-refractivity contribution in [1.29, 1.82) is 0 Å². The van der Waals surface area contributed by atoms with Gasteiger partial charge in [-0.2, -0.15) is 0 Å². The molecule has 27 heavy (non-hydrogen) atoms. The van der Waals surface area contributed by atoms with Crippen molar-refractivity contribution >= 4 is 5.71 Å². The minimum Gasteiger partial charge on any atom is -0.377 e. The molecule has 3 aromatic rings. The van der Waals surface area contributed by atoms with Crippen molar-refractivity contribution in [3.8, 4) is 5.69 Å². The van der Waals surface area contributed by atoms with E-state index in [0.29, 0.717) is 19.1 Å². The highest BCUT2D eigenvalue weighted by Gasteiger charge is 2.23. The Hall–Kier alpha value is -2.79. The Balaban J connectivity index is 1.87. The fourth-order valence-electron chi connectivity index (χ4n) is 3.49. The second-order valence-electron chi connectivity index (χ2n) is 7.26. The van der Waals surface area contributed by atoms with Gasteiger partial charge in [0.05, 0.1) is 11.4 Å². The van der Waals surface area contributed by atoms with Crippen LogP contribution in [0.2, 0.25) is 0 Å². The molecule has 0 fully saturated rings. The second-order valence-corrected chi connectivity index (χ2v) is 7.26. The number of nitrogens with zero attached hydrogens (tertiary/aromatic N) is 4. The summed E-state index contributed by atoms with van der Waals surface area (Å²) < 4.78 is 7.41. The molecule has 1 aliphatic heterocycles. The topological polar surface area (TPSA) is 52.3 Å². The Labute approximate surface area is 159 Å². The van der Waals surface area contributed by atoms with E-state index in [1.165, 1.54) is 11.1 Å². The number of aliphatic imine (C=N–C) groups is 1. The summed E-state index contributed by atoms with van der Waals surface area (Å²) in [5.41, 5.74) is 6.79. The first-order valence-corrected chi connectivity index (χ1v) is 9.26. The fraction of sp³-hybridized carbons (Fsp3) is 0.318. The van der Waals surface area contributed by atoms with Crippen LogP contribution in [0.4, 0.5) is 0 Å². The van der Waals surface area contributed by atoms with Gasteiger partial charge in [-0.15, -0.1) is 10.2 Å². The maximum atomic E-state index is 5.32. The van der Waals surface area contributed by atoms with Gasteiger partial charge >= 0.3 is 0 Å². The van der Waals surface area contributed by atoms with Crippen molar-refractivity contribution in [2.75, 3.05) is 7.11 Å². The van der Waals surface area contributed by atoms with Crippen LogP contribution in [-0.4, -0.2) is 27.6 Å². The lowest BCUT2D eigenvalue weighted by molar-refractivity contribution is 0.176. The van der Waals surface area contributed by atoms with Crippen LogP contribution in [0.15, 0.2) is 47.5 Å². The SMILES string of the molecule is COCc1nnc2n1-c1cc(C)ccc1C(c1ccc(C(C)C)cc1)=NC2. The molecule has 2 heterocycles. The number of aromatic nitrogens is 3. The summed E-state index contributed by atoms with van der Waals surface area (Å²) in [5.74, 6) is 2.14. The van der Waals surface area contributed by atoms with E-state index < -0.39 is 0 Å². The zero-order valence-corrected chi connectivity index (χ0v) is 16.2. The monoisotopic (exact) mass is 360 g/mol. The molecule has 5 nitrogen and oxygen atoms in total. The molecule has 4 rings (SSSR count). The molecule has 1 aliphatic rings. The van der Waals surface area contributed by atoms with Gasteiger partial charge in [0, 0.05) is 18.2 Å². The minimum atomic E-state index is 0.415. The third-order valence-electron chi connectivity index (χ3n) is 4.95. The van der Waals surface area contributed by atoms with E-state index >= 15 is 0 Å². The van der Waals surface area contributed by atoms with Gasteiger partial charge in [-0.1, -0.05) is 50.2 Å². The van der Waals surface area contributed by atoms with Crippen molar-refractivity contribution in [3.05, 3.63) is 76.4 Å². The molecule has 0 spiro atoms. The summed E-state index contributed by atoms with van der Waals surface area (Å²) >= 11 is 0. The highest BCUT2D eigenvalue weighted by Crippen LogP contribution is 2.27. The van der Waals surface area contributed by atoms with E-state index in [1.807, 2.05) is 0 Å². The van der Waals surface area contributed by atoms with Crippen LogP contribution in [-0.2, 0) is 17.9 Å². The van der Waals surface area contributed by atoms with Crippen molar-refractivity contribution in [2.24, 2.45) is 4.99 Å². The molecule has 0 radical (unpaired) electrons. The van der Waals surface area contributed by atoms with Crippen molar-refractivity contribution in [2.45, 2.75) is 39.8 Å². The minimum absolute atomic E-state index is 0.415. The lowest BCUT2D eigenvalue weighted by atomic mass is 9.96. The van der Waals surface area contributed by atoms with Crippen molar-refractivity contribution in [3.63, 3.8) is 0 Å². The number of ether oxygens (including phenoxy) is 1. The molecule has 0 bridgehead atoms. The number of rotatable bonds is 4. The molecular formula is C22H24N4O. The first-order valence-electron chi connectivity index (χ1n) is 9.26. The number of aryl methyl sites for hydroxylation is 1. The maximum Gasteiger partial charge on any atom is 0.163 e. The highest BCUT2D eigenvalue weighted by atomic mass is 16.5. The number of benzene rings is 2. The maximum absolute atomic E-state index is 5.32. The molecule has 2 aromatic carbocycles. The molecule has 138 valence electrons. The predicted octanol–water partition coefficient (Wildman–Crippen LogP) is 4.20. The third-order valence-corrected chi connectivity index (χ3v) is 4.95. The Kier molecular flexibility index (Phi) is 4.62. The molecule has 0 saturated carbocycles. The second kappa shape index (κ2) is 7.08. The summed E-state index contributed by atoms with van der Waals surface area (Å²) in [5, 5.41) is 8.66. The van der Waals surface area contributed by atoms with Gasteiger partial charge in [0.15, 0.2) is 11.6 Å². The van der Waals surface area contributed by atoms with Gasteiger partial charge in [0.1, 0.15) is 13.2 Å². The molecule has 0 unspecified atom stereocenters. The van der Waals surface area contributed by atoms with Gasteiger partial charge in [0.25, 0.3) is 0 Å². The first-order chi connectivity index (χ1) is 13.1. The number of hydrogen-bond acceptors (Lipinski definition) is 4. The molecule has 0 amide bonds. The molecule has 0 atom stereocenters. The summed E-state index contributed by atoms with van der Waals surface area (Å²) in [4.78, 5) is 4.91. The lowest BCUT2D eigenvalue weighted by Crippen LogP contribution is -2.10. The number of fused-ring (bicyclic) bond motifs is 3. The Morgan fingerprint density at radius 3 is 2.56 bits per heavy atom. The van der Waals surface area contributed by atoms with Gasteiger partial charge in [-0.3, -0.25) is 9.56 Å². The van der Waals surface area contributed by atoms with Gasteiger partial charge in [-0.25, -0.2) is 0 Å². The average Bonchev–Trinajstić information content (AvgIpc) is 2.98. The van der Waals surface area contributed by atoms with Gasteiger partial charge in [0.2, 0.25) is 0 Å². The predicted molar refractivity (Wildman–Crippen MR) is 107 cm³/mol. The quantitative estimate of drug-likeness (QED) is 0.701. The van der Waals surface area contributed by atoms with Crippen LogP contribution in [0.3, 0.4) is 0 Å². The summed E-state index contributed by atoms with van der Waals surface area (Å²) in [6.45, 7) is 7.42. The van der Waals surface area contributed by atoms with Crippen LogP contribution < -0.4 is 0 Å². The van der Waals surface area contributed by atoms with Crippen LogP contribution in [0.1, 0.15) is 53.7 Å². The molecular weight excluding hydrogens is 336 g/mol. The van der Waals surface area contributed by atoms with E-state index in [2.05, 4.69) is 78.0 Å². The molecule has 0 aliphatic carbocycles. The summed E-state index contributed by atoms with van der Waals surface area (Å²) in [6, 6.07) is 15.2. The average molecular weight is 360 g/mol. The van der Waals surface area contributed by atoms with E-state index in [0.717, 1.165) is 34.2 Å². The highest BCUT2D eigenvalue weighted by molar-refractivity contribution is 6.15. The summed E-state index contributed by atoms with van der Waals surface area (Å²) in [7, 11) is 1.67. The van der Waals surface area contributed by atoms with E-state index in [1.54, 1.807) is 7.11 Å². The Morgan fingerprint density at radius 1 is 1.07 bits per heavy atom. The smallest absolute Gasteiger partial charge is 0.163 e. The molecule has 0 saturated heterocycles. The zero-order valence-electron chi connectivity index (χ0n) is 16.2. The van der Waals surface area contributed by atoms with Crippen LogP contribution in [0, 0.1) is 6.92 Å². The van der Waals surface area contributed by atoms with Crippen LogP contribution in [0.5, 0.6) is 0 Å². The van der Waals surface area contributed by atoms with E-state index in [4.69, 9.17) is 9.73 Å². The first kappa shape index (κ1) is 17.6. The fourth-order valence-corrected chi connectivity index (χ4v) is 3.49. The number of hydrogen-bond donors (Lipinski definition) is 0. The molecule has 1 aromatic heterocycles. The van der Waals surface area contributed by atoms with Gasteiger partial charge < -0.3 is 4.74 Å². The zero-order chi connectivity index (χ0) is 19.0. The normalized spacial score (nSPS) is 13.1. The van der Waals surface area contributed by atoms with E-state index in [9.17, 15) is 0 Å². The Morgan fingerprint density at radius 2 is 1.85 bits per heavy atom. The molecule has 0 N–H and O–H groups in total. The largest absolute Gasteiger partial charge is 0.377 e. The van der Waals surface area contributed by atoms with Crippen LogP contribution in [0.25, 0.3) is 5.69 Å². The van der Waals surface area contributed by atoms with E-state index in [-0.39, 0.29) is 0 Å². The van der Waals surface area contributed by atoms with Crippen LogP contribution >= 0.6 is 0 Å².